The van der Waals surface area contributed by atoms with Gasteiger partial charge in [-0.2, -0.15) is 0 Å². The highest BCUT2D eigenvalue weighted by molar-refractivity contribution is 6.01. The predicted molar refractivity (Wildman–Crippen MR) is 129 cm³/mol. The predicted octanol–water partition coefficient (Wildman–Crippen LogP) is 4.14. The van der Waals surface area contributed by atoms with E-state index in [2.05, 4.69) is 55.3 Å². The first kappa shape index (κ1) is 23.6. The minimum Gasteiger partial charge on any atom is -0.378 e. The smallest absolute Gasteiger partial charge is 0.145 e. The Morgan fingerprint density at radius 1 is 1.27 bits per heavy atom. The lowest BCUT2D eigenvalue weighted by Crippen LogP contribution is -2.42. The van der Waals surface area contributed by atoms with Crippen molar-refractivity contribution in [3.05, 3.63) is 59.8 Å². The molecule has 5 heteroatoms. The molecule has 1 fully saturated rings. The van der Waals surface area contributed by atoms with E-state index in [1.807, 2.05) is 37.2 Å². The summed E-state index contributed by atoms with van der Waals surface area (Å²) in [4.78, 5) is 20.7. The molecule has 162 valence electrons. The Labute approximate surface area is 181 Å². The molecule has 1 N–H and O–H groups in total. The van der Waals surface area contributed by atoms with E-state index in [1.54, 1.807) is 6.08 Å². The largest absolute Gasteiger partial charge is 0.378 e. The minimum atomic E-state index is 0.287. The maximum absolute atomic E-state index is 11.4. The van der Waals surface area contributed by atoms with Gasteiger partial charge in [-0.05, 0) is 43.5 Å². The van der Waals surface area contributed by atoms with E-state index in [-0.39, 0.29) is 5.92 Å². The summed E-state index contributed by atoms with van der Waals surface area (Å²) >= 11 is 0. The van der Waals surface area contributed by atoms with Crippen LogP contribution in [-0.2, 0) is 4.79 Å². The molecule has 30 heavy (non-hydrogen) atoms. The van der Waals surface area contributed by atoms with Crippen LogP contribution in [0.5, 0.6) is 0 Å². The normalized spacial score (nSPS) is 17.4. The van der Waals surface area contributed by atoms with Crippen molar-refractivity contribution in [2.75, 3.05) is 45.2 Å². The minimum absolute atomic E-state index is 0.287. The fourth-order valence-electron chi connectivity index (χ4n) is 3.34. The molecule has 0 bridgehead atoms. The molecule has 0 spiro atoms. The van der Waals surface area contributed by atoms with E-state index in [0.717, 1.165) is 55.8 Å². The first-order chi connectivity index (χ1) is 14.5. The lowest BCUT2D eigenvalue weighted by atomic mass is 10.0. The average Bonchev–Trinajstić information content (AvgIpc) is 2.78. The van der Waals surface area contributed by atoms with E-state index >= 15 is 0 Å². The number of aldehydes is 1. The highest BCUT2D eigenvalue weighted by atomic mass is 16.1. The van der Waals surface area contributed by atoms with Crippen molar-refractivity contribution in [1.29, 1.82) is 0 Å². The number of benzene rings is 1. The molecule has 1 aromatic carbocycles. The fraction of sp³-hybridized carbons (Fsp3) is 0.440. The van der Waals surface area contributed by atoms with Crippen LogP contribution >= 0.6 is 0 Å². The van der Waals surface area contributed by atoms with Gasteiger partial charge in [-0.15, -0.1) is 0 Å². The molecule has 2 rings (SSSR count). The van der Waals surface area contributed by atoms with Gasteiger partial charge in [-0.25, -0.2) is 0 Å². The number of hydrogen-bond donors (Lipinski definition) is 1. The molecule has 0 aromatic heterocycles. The second-order valence-corrected chi connectivity index (χ2v) is 7.76. The number of carbonyl (C=O) groups excluding carboxylic acids is 1. The van der Waals surface area contributed by atoms with Crippen molar-refractivity contribution in [1.82, 2.24) is 10.2 Å². The van der Waals surface area contributed by atoms with E-state index < -0.39 is 0 Å². The third kappa shape index (κ3) is 6.70. The molecule has 5 nitrogen and oxygen atoms in total. The lowest BCUT2D eigenvalue weighted by Gasteiger charge is -2.30. The zero-order chi connectivity index (χ0) is 21.9. The van der Waals surface area contributed by atoms with Crippen LogP contribution in [-0.4, -0.2) is 57.2 Å². The van der Waals surface area contributed by atoms with Crippen LogP contribution in [0.25, 0.3) is 5.70 Å². The molecule has 1 aliphatic heterocycles. The zero-order valence-corrected chi connectivity index (χ0v) is 19.1. The second kappa shape index (κ2) is 12.1. The lowest BCUT2D eigenvalue weighted by molar-refractivity contribution is -0.104. The number of piperazine rings is 1. The highest BCUT2D eigenvalue weighted by Crippen LogP contribution is 2.23. The quantitative estimate of drug-likeness (QED) is 0.289. The molecule has 0 saturated carbocycles. The maximum Gasteiger partial charge on any atom is 0.145 e. The fourth-order valence-corrected chi connectivity index (χ4v) is 3.34. The molecule has 0 radical (unpaired) electrons. The van der Waals surface area contributed by atoms with Crippen LogP contribution in [0.3, 0.4) is 0 Å². The molecule has 0 amide bonds. The summed E-state index contributed by atoms with van der Waals surface area (Å²) in [6.07, 6.45) is 9.77. The van der Waals surface area contributed by atoms with Crippen LogP contribution < -0.4 is 10.2 Å². The van der Waals surface area contributed by atoms with Crippen LogP contribution in [0.2, 0.25) is 0 Å². The molecule has 1 unspecified atom stereocenters. The van der Waals surface area contributed by atoms with Gasteiger partial charge in [0, 0.05) is 69.0 Å². The van der Waals surface area contributed by atoms with E-state index in [1.165, 1.54) is 5.70 Å². The molecule has 1 atom stereocenters. The van der Waals surface area contributed by atoms with Gasteiger partial charge in [-0.1, -0.05) is 32.1 Å². The summed E-state index contributed by atoms with van der Waals surface area (Å²) in [7, 11) is 4.01. The van der Waals surface area contributed by atoms with Crippen LogP contribution in [0.4, 0.5) is 5.69 Å². The number of anilines is 1. The van der Waals surface area contributed by atoms with Gasteiger partial charge in [0.2, 0.25) is 0 Å². The van der Waals surface area contributed by atoms with Gasteiger partial charge in [0.25, 0.3) is 0 Å². The first-order valence-corrected chi connectivity index (χ1v) is 10.8. The van der Waals surface area contributed by atoms with Crippen molar-refractivity contribution in [3.63, 3.8) is 0 Å². The van der Waals surface area contributed by atoms with Crippen molar-refractivity contribution in [2.45, 2.75) is 27.2 Å². The van der Waals surface area contributed by atoms with Gasteiger partial charge in [0.05, 0.1) is 5.70 Å². The number of nitrogens with zero attached hydrogens (tertiary/aromatic N) is 3. The molecular formula is C25H36N4O. The molecular weight excluding hydrogens is 372 g/mol. The number of rotatable bonds is 9. The van der Waals surface area contributed by atoms with Gasteiger partial charge in [-0.3, -0.25) is 9.79 Å². The van der Waals surface area contributed by atoms with Gasteiger partial charge < -0.3 is 15.1 Å². The highest BCUT2D eigenvalue weighted by Gasteiger charge is 2.12. The summed E-state index contributed by atoms with van der Waals surface area (Å²) in [5.41, 5.74) is 4.90. The van der Waals surface area contributed by atoms with Crippen LogP contribution in [0, 0.1) is 5.92 Å². The molecule has 1 saturated heterocycles. The van der Waals surface area contributed by atoms with E-state index in [0.29, 0.717) is 5.70 Å². The van der Waals surface area contributed by atoms with Crippen molar-refractivity contribution < 1.29 is 4.79 Å². The third-order valence-electron chi connectivity index (χ3n) is 5.45. The molecule has 1 aromatic rings. The molecule has 0 aliphatic carbocycles. The third-order valence-corrected chi connectivity index (χ3v) is 5.45. The van der Waals surface area contributed by atoms with Gasteiger partial charge >= 0.3 is 0 Å². The number of aliphatic imine (C=N–C) groups is 1. The van der Waals surface area contributed by atoms with Crippen LogP contribution in [0.15, 0.2) is 59.3 Å². The molecule has 1 aliphatic rings. The SMILES string of the molecule is C\C=C(/C=C\C(=N\C(=C/C=O)c1cccc(N(C)C)c1)C(C)CC)N1CCNCC1. The average molecular weight is 409 g/mol. The Kier molecular flexibility index (Phi) is 9.55. The van der Waals surface area contributed by atoms with Crippen molar-refractivity contribution in [2.24, 2.45) is 10.9 Å². The Morgan fingerprint density at radius 2 is 2.00 bits per heavy atom. The zero-order valence-electron chi connectivity index (χ0n) is 19.1. The standard InChI is InChI=1S/C25H36N4O/c1-6-20(3)24(12-11-22(7-2)29-16-14-26-15-17-29)27-25(13-18-30)21-9-8-10-23(19-21)28(4)5/h7-13,18-20,26H,6,14-17H2,1-5H3/b12-11-,22-7+,25-13-,27-24-. The number of carbonyl (C=O) groups is 1. The number of allylic oxidation sites excluding steroid dienone is 4. The summed E-state index contributed by atoms with van der Waals surface area (Å²) in [6.45, 7) is 10.4. The van der Waals surface area contributed by atoms with Crippen molar-refractivity contribution in [3.8, 4) is 0 Å². The maximum atomic E-state index is 11.4. The van der Waals surface area contributed by atoms with E-state index in [9.17, 15) is 4.79 Å². The first-order valence-electron chi connectivity index (χ1n) is 10.8. The number of nitrogens with one attached hydrogen (secondary N) is 1. The monoisotopic (exact) mass is 408 g/mol. The van der Waals surface area contributed by atoms with E-state index in [4.69, 9.17) is 4.99 Å². The topological polar surface area (TPSA) is 47.9 Å². The van der Waals surface area contributed by atoms with Crippen molar-refractivity contribution >= 4 is 23.4 Å². The summed E-state index contributed by atoms with van der Waals surface area (Å²) in [5, 5.41) is 3.40. The Morgan fingerprint density at radius 3 is 2.60 bits per heavy atom. The summed E-state index contributed by atoms with van der Waals surface area (Å²) in [5.74, 6) is 0.287. The summed E-state index contributed by atoms with van der Waals surface area (Å²) < 4.78 is 0. The van der Waals surface area contributed by atoms with Crippen LogP contribution in [0.1, 0.15) is 32.8 Å². The second-order valence-electron chi connectivity index (χ2n) is 7.76. The molecule has 1 heterocycles. The number of hydrogen-bond acceptors (Lipinski definition) is 5. The van der Waals surface area contributed by atoms with Gasteiger partial charge in [0.15, 0.2) is 0 Å². The Balaban J connectivity index is 2.38. The van der Waals surface area contributed by atoms with Gasteiger partial charge in [0.1, 0.15) is 6.29 Å². The summed E-state index contributed by atoms with van der Waals surface area (Å²) in [6, 6.07) is 8.11. The Hall–Kier alpha value is -2.66. The Bertz CT molecular complexity index is 814.